The van der Waals surface area contributed by atoms with Crippen LogP contribution in [0.3, 0.4) is 0 Å². The highest BCUT2D eigenvalue weighted by molar-refractivity contribution is 5.65. The maximum Gasteiger partial charge on any atom is 0.201 e. The van der Waals surface area contributed by atoms with Crippen LogP contribution in [0.4, 0.5) is 17.6 Å². The maximum absolute atomic E-state index is 15.0. The Labute approximate surface area is 209 Å². The summed E-state index contributed by atoms with van der Waals surface area (Å²) in [7, 11) is 0. The van der Waals surface area contributed by atoms with Gasteiger partial charge in [0.05, 0.1) is 12.7 Å². The summed E-state index contributed by atoms with van der Waals surface area (Å²) in [6, 6.07) is 12.4. The molecule has 0 N–H and O–H groups in total. The standard InChI is InChI=1S/C29H30F4O3/c1-3-34-21-10-5-18(6-11-21)23-14-15-24(28(32)27(23)31)19-7-12-22(13-8-19)36-17-20-9-16-25(35-4-2)29(33)26(20)30/h7-9,12-16,18,21H,3-6,10-11,17H2,1-2H3. The molecule has 0 aromatic heterocycles. The zero-order chi connectivity index (χ0) is 25.7. The average Bonchev–Trinajstić information content (AvgIpc) is 2.89. The molecular weight excluding hydrogens is 472 g/mol. The van der Waals surface area contributed by atoms with E-state index in [2.05, 4.69) is 0 Å². The molecule has 1 aliphatic rings. The van der Waals surface area contributed by atoms with Crippen LogP contribution in [0.5, 0.6) is 11.5 Å². The Balaban J connectivity index is 1.43. The van der Waals surface area contributed by atoms with Gasteiger partial charge in [-0.1, -0.05) is 24.3 Å². The zero-order valence-corrected chi connectivity index (χ0v) is 20.5. The molecule has 1 saturated carbocycles. The Hall–Kier alpha value is -3.06. The Morgan fingerprint density at radius 1 is 0.694 bits per heavy atom. The van der Waals surface area contributed by atoms with Crippen LogP contribution in [0.25, 0.3) is 11.1 Å². The Kier molecular flexibility index (Phi) is 8.52. The van der Waals surface area contributed by atoms with E-state index in [0.29, 0.717) is 23.5 Å². The molecule has 0 aliphatic heterocycles. The molecule has 0 bridgehead atoms. The predicted octanol–water partition coefficient (Wildman–Crippen LogP) is 7.95. The van der Waals surface area contributed by atoms with Crippen molar-refractivity contribution in [3.05, 3.63) is 82.9 Å². The first-order valence-corrected chi connectivity index (χ1v) is 12.3. The fourth-order valence-electron chi connectivity index (χ4n) is 4.72. The minimum atomic E-state index is -1.06. The lowest BCUT2D eigenvalue weighted by Gasteiger charge is -2.29. The van der Waals surface area contributed by atoms with Crippen LogP contribution in [-0.4, -0.2) is 19.3 Å². The van der Waals surface area contributed by atoms with Gasteiger partial charge in [0.15, 0.2) is 23.2 Å². The Bertz CT molecular complexity index is 1170. The monoisotopic (exact) mass is 502 g/mol. The molecule has 3 nitrogen and oxygen atoms in total. The van der Waals surface area contributed by atoms with Crippen molar-refractivity contribution >= 4 is 0 Å². The summed E-state index contributed by atoms with van der Waals surface area (Å²) in [6.07, 6.45) is 3.42. The van der Waals surface area contributed by atoms with E-state index in [1.54, 1.807) is 43.3 Å². The van der Waals surface area contributed by atoms with Gasteiger partial charge in [-0.2, -0.15) is 4.39 Å². The molecule has 0 unspecified atom stereocenters. The number of halogens is 4. The van der Waals surface area contributed by atoms with Crippen LogP contribution < -0.4 is 9.47 Å². The topological polar surface area (TPSA) is 27.7 Å². The van der Waals surface area contributed by atoms with Crippen molar-refractivity contribution < 1.29 is 31.8 Å². The van der Waals surface area contributed by atoms with E-state index in [0.717, 1.165) is 25.7 Å². The van der Waals surface area contributed by atoms with Crippen LogP contribution in [0.1, 0.15) is 56.6 Å². The largest absolute Gasteiger partial charge is 0.491 e. The maximum atomic E-state index is 15.0. The molecule has 0 radical (unpaired) electrons. The molecule has 4 rings (SSSR count). The van der Waals surface area contributed by atoms with Crippen LogP contribution >= 0.6 is 0 Å². The number of rotatable bonds is 9. The molecule has 1 aliphatic carbocycles. The highest BCUT2D eigenvalue weighted by Crippen LogP contribution is 2.38. The lowest BCUT2D eigenvalue weighted by atomic mass is 9.82. The lowest BCUT2D eigenvalue weighted by Crippen LogP contribution is -2.21. The van der Waals surface area contributed by atoms with E-state index in [1.807, 2.05) is 6.92 Å². The summed E-state index contributed by atoms with van der Waals surface area (Å²) in [5, 5.41) is 0. The summed E-state index contributed by atoms with van der Waals surface area (Å²) in [5.74, 6) is -3.55. The van der Waals surface area contributed by atoms with E-state index >= 15 is 8.78 Å². The van der Waals surface area contributed by atoms with Gasteiger partial charge < -0.3 is 14.2 Å². The van der Waals surface area contributed by atoms with Gasteiger partial charge in [0.25, 0.3) is 0 Å². The van der Waals surface area contributed by atoms with Crippen LogP contribution in [0.2, 0.25) is 0 Å². The minimum absolute atomic E-state index is 0.0196. The number of ether oxygens (including phenoxy) is 3. The molecular formula is C29H30F4O3. The summed E-state index contributed by atoms with van der Waals surface area (Å²) in [4.78, 5) is 0. The number of hydrogen-bond acceptors (Lipinski definition) is 3. The van der Waals surface area contributed by atoms with Crippen LogP contribution in [-0.2, 0) is 11.3 Å². The van der Waals surface area contributed by atoms with E-state index in [9.17, 15) is 8.78 Å². The van der Waals surface area contributed by atoms with Gasteiger partial charge in [0.2, 0.25) is 5.82 Å². The van der Waals surface area contributed by atoms with Crippen molar-refractivity contribution in [2.24, 2.45) is 0 Å². The summed E-state index contributed by atoms with van der Waals surface area (Å²) in [6.45, 7) is 4.33. The first-order chi connectivity index (χ1) is 17.4. The Morgan fingerprint density at radius 3 is 2.08 bits per heavy atom. The van der Waals surface area contributed by atoms with E-state index < -0.39 is 23.3 Å². The zero-order valence-electron chi connectivity index (χ0n) is 20.5. The smallest absolute Gasteiger partial charge is 0.201 e. The molecule has 3 aromatic rings. The van der Waals surface area contributed by atoms with Crippen LogP contribution in [0, 0.1) is 23.3 Å². The summed E-state index contributed by atoms with van der Waals surface area (Å²) in [5.41, 5.74) is 1.10. The third kappa shape index (κ3) is 5.67. The average molecular weight is 503 g/mol. The highest BCUT2D eigenvalue weighted by atomic mass is 19.2. The first kappa shape index (κ1) is 26.0. The molecule has 0 amide bonds. The van der Waals surface area contributed by atoms with Crippen molar-refractivity contribution in [3.8, 4) is 22.6 Å². The quantitative estimate of drug-likeness (QED) is 0.278. The molecule has 0 spiro atoms. The molecule has 36 heavy (non-hydrogen) atoms. The van der Waals surface area contributed by atoms with Gasteiger partial charge in [0, 0.05) is 17.7 Å². The van der Waals surface area contributed by atoms with Gasteiger partial charge in [0.1, 0.15) is 12.4 Å². The van der Waals surface area contributed by atoms with Crippen molar-refractivity contribution in [2.45, 2.75) is 58.2 Å². The SMILES string of the molecule is CCOc1ccc(COc2ccc(-c3ccc(C4CCC(OCC)CC4)c(F)c3F)cc2)c(F)c1F. The molecule has 0 heterocycles. The molecule has 3 aromatic carbocycles. The van der Waals surface area contributed by atoms with Gasteiger partial charge in [-0.05, 0) is 80.8 Å². The van der Waals surface area contributed by atoms with E-state index in [-0.39, 0.29) is 42.1 Å². The molecule has 7 heteroatoms. The second kappa shape index (κ2) is 11.8. The van der Waals surface area contributed by atoms with Gasteiger partial charge >= 0.3 is 0 Å². The predicted molar refractivity (Wildman–Crippen MR) is 130 cm³/mol. The van der Waals surface area contributed by atoms with Crippen molar-refractivity contribution in [2.75, 3.05) is 13.2 Å². The Morgan fingerprint density at radius 2 is 1.42 bits per heavy atom. The highest BCUT2D eigenvalue weighted by Gasteiger charge is 2.26. The summed E-state index contributed by atoms with van der Waals surface area (Å²) >= 11 is 0. The molecule has 192 valence electrons. The van der Waals surface area contributed by atoms with E-state index in [4.69, 9.17) is 14.2 Å². The molecule has 0 saturated heterocycles. The third-order valence-corrected chi connectivity index (χ3v) is 6.61. The minimum Gasteiger partial charge on any atom is -0.491 e. The van der Waals surface area contributed by atoms with Gasteiger partial charge in [-0.25, -0.2) is 13.2 Å². The fourth-order valence-corrected chi connectivity index (χ4v) is 4.72. The van der Waals surface area contributed by atoms with Gasteiger partial charge in [-0.3, -0.25) is 0 Å². The normalized spacial score (nSPS) is 17.7. The third-order valence-electron chi connectivity index (χ3n) is 6.61. The first-order valence-electron chi connectivity index (χ1n) is 12.3. The second-order valence-corrected chi connectivity index (χ2v) is 8.86. The second-order valence-electron chi connectivity index (χ2n) is 8.86. The van der Waals surface area contributed by atoms with Crippen molar-refractivity contribution in [1.29, 1.82) is 0 Å². The number of benzene rings is 3. The van der Waals surface area contributed by atoms with Crippen molar-refractivity contribution in [1.82, 2.24) is 0 Å². The van der Waals surface area contributed by atoms with Crippen LogP contribution in [0.15, 0.2) is 48.5 Å². The lowest BCUT2D eigenvalue weighted by molar-refractivity contribution is 0.0325. The number of hydrogen-bond donors (Lipinski definition) is 0. The van der Waals surface area contributed by atoms with Crippen molar-refractivity contribution in [3.63, 3.8) is 0 Å². The fraction of sp³-hybridized carbons (Fsp3) is 0.379. The molecule has 0 atom stereocenters. The van der Waals surface area contributed by atoms with Gasteiger partial charge in [-0.15, -0.1) is 0 Å². The summed E-state index contributed by atoms with van der Waals surface area (Å²) < 4.78 is 74.6. The molecule has 1 fully saturated rings. The van der Waals surface area contributed by atoms with E-state index in [1.165, 1.54) is 12.1 Å².